The normalized spacial score (nSPS) is 11.4. The minimum absolute atomic E-state index is 0.00589. The number of benzene rings is 2. The predicted molar refractivity (Wildman–Crippen MR) is 92.3 cm³/mol. The van der Waals surface area contributed by atoms with Crippen LogP contribution in [0.1, 0.15) is 19.4 Å². The number of sulfonamides is 1. The average molecular weight is 346 g/mol. The lowest BCUT2D eigenvalue weighted by Gasteiger charge is -2.06. The molecule has 1 amide bonds. The Bertz CT molecular complexity index is 843. The lowest BCUT2D eigenvalue weighted by atomic mass is 10.2. The largest absolute Gasteiger partial charge is 0.493 e. The number of amides is 1. The summed E-state index contributed by atoms with van der Waals surface area (Å²) in [4.78, 5) is 15.2. The fourth-order valence-electron chi connectivity index (χ4n) is 1.98. The molecule has 0 bridgehead atoms. The van der Waals surface area contributed by atoms with Crippen LogP contribution in [0.4, 0.5) is 5.69 Å². The van der Waals surface area contributed by atoms with Crippen LogP contribution in [0, 0.1) is 0 Å². The molecule has 2 aromatic rings. The first kappa shape index (κ1) is 17.7. The van der Waals surface area contributed by atoms with Gasteiger partial charge in [0.05, 0.1) is 17.2 Å². The highest BCUT2D eigenvalue weighted by Gasteiger charge is 2.14. The maximum Gasteiger partial charge on any atom is 0.264 e. The summed E-state index contributed by atoms with van der Waals surface area (Å²) in [5, 5.41) is 0. The minimum atomic E-state index is -3.83. The van der Waals surface area contributed by atoms with Gasteiger partial charge in [-0.15, -0.1) is 0 Å². The molecule has 0 fully saturated rings. The van der Waals surface area contributed by atoms with Gasteiger partial charge < -0.3 is 4.74 Å². The molecule has 0 saturated carbocycles. The standard InChI is InChI=1S/C17H18N2O4S/c1-3-23-17-7-5-4-6-14(17)12-18-15-8-10-16(11-9-15)24(21,22)19-13(2)20/h4-12H,3H2,1-2H3,(H,19,20). The minimum Gasteiger partial charge on any atom is -0.493 e. The number of carbonyl (C=O) groups excluding carboxylic acids is 1. The summed E-state index contributed by atoms with van der Waals surface area (Å²) in [6.45, 7) is 3.61. The van der Waals surface area contributed by atoms with Crippen LogP contribution in [-0.4, -0.2) is 27.1 Å². The third-order valence-electron chi connectivity index (χ3n) is 3.00. The number of hydrogen-bond acceptors (Lipinski definition) is 5. The number of ether oxygens (including phenoxy) is 1. The molecule has 6 nitrogen and oxygen atoms in total. The molecular formula is C17H18N2O4S. The Kier molecular flexibility index (Phi) is 5.70. The van der Waals surface area contributed by atoms with Crippen LogP contribution >= 0.6 is 0 Å². The van der Waals surface area contributed by atoms with Gasteiger partial charge in [0.25, 0.3) is 10.0 Å². The molecule has 0 unspecified atom stereocenters. The van der Waals surface area contributed by atoms with Crippen LogP contribution in [0.25, 0.3) is 0 Å². The molecule has 2 aromatic carbocycles. The fourth-order valence-corrected chi connectivity index (χ4v) is 2.97. The molecule has 7 heteroatoms. The highest BCUT2D eigenvalue weighted by Crippen LogP contribution is 2.19. The van der Waals surface area contributed by atoms with Crippen molar-refractivity contribution in [1.29, 1.82) is 0 Å². The van der Waals surface area contributed by atoms with E-state index < -0.39 is 15.9 Å². The SMILES string of the molecule is CCOc1ccccc1C=Nc1ccc(S(=O)(=O)NC(C)=O)cc1. The van der Waals surface area contributed by atoms with Gasteiger partial charge in [-0.1, -0.05) is 12.1 Å². The Morgan fingerprint density at radius 2 is 1.83 bits per heavy atom. The maximum atomic E-state index is 11.9. The number of hydrogen-bond donors (Lipinski definition) is 1. The van der Waals surface area contributed by atoms with E-state index in [4.69, 9.17) is 4.74 Å². The average Bonchev–Trinajstić information content (AvgIpc) is 2.53. The van der Waals surface area contributed by atoms with Gasteiger partial charge in [0.1, 0.15) is 5.75 Å². The molecule has 0 aromatic heterocycles. The zero-order valence-electron chi connectivity index (χ0n) is 13.4. The molecule has 0 aliphatic rings. The number of para-hydroxylation sites is 1. The van der Waals surface area contributed by atoms with Crippen molar-refractivity contribution in [2.75, 3.05) is 6.61 Å². The van der Waals surface area contributed by atoms with Crippen molar-refractivity contribution in [2.24, 2.45) is 4.99 Å². The van der Waals surface area contributed by atoms with E-state index >= 15 is 0 Å². The summed E-state index contributed by atoms with van der Waals surface area (Å²) in [5.74, 6) is 0.0956. The molecule has 0 heterocycles. The van der Waals surface area contributed by atoms with Gasteiger partial charge in [-0.3, -0.25) is 9.79 Å². The van der Waals surface area contributed by atoms with Gasteiger partial charge in [0, 0.05) is 18.7 Å². The van der Waals surface area contributed by atoms with Crippen molar-refractivity contribution >= 4 is 27.8 Å². The zero-order chi connectivity index (χ0) is 17.6. The number of nitrogens with one attached hydrogen (secondary N) is 1. The fraction of sp³-hybridized carbons (Fsp3) is 0.176. The zero-order valence-corrected chi connectivity index (χ0v) is 14.2. The summed E-state index contributed by atoms with van der Waals surface area (Å²) < 4.78 is 31.2. The molecule has 126 valence electrons. The van der Waals surface area contributed by atoms with Gasteiger partial charge in [-0.25, -0.2) is 13.1 Å². The Morgan fingerprint density at radius 1 is 1.17 bits per heavy atom. The monoisotopic (exact) mass is 346 g/mol. The molecule has 0 spiro atoms. The second-order valence-electron chi connectivity index (χ2n) is 4.88. The van der Waals surface area contributed by atoms with E-state index in [2.05, 4.69) is 4.99 Å². The van der Waals surface area contributed by atoms with Crippen molar-refractivity contribution in [2.45, 2.75) is 18.7 Å². The van der Waals surface area contributed by atoms with Crippen molar-refractivity contribution < 1.29 is 17.9 Å². The van der Waals surface area contributed by atoms with Crippen molar-refractivity contribution in [3.05, 3.63) is 54.1 Å². The van der Waals surface area contributed by atoms with E-state index in [0.29, 0.717) is 12.3 Å². The van der Waals surface area contributed by atoms with Gasteiger partial charge >= 0.3 is 0 Å². The lowest BCUT2D eigenvalue weighted by molar-refractivity contribution is -0.117. The molecule has 0 aliphatic heterocycles. The molecule has 0 atom stereocenters. The Morgan fingerprint density at radius 3 is 2.46 bits per heavy atom. The van der Waals surface area contributed by atoms with E-state index in [-0.39, 0.29) is 4.90 Å². The van der Waals surface area contributed by atoms with Crippen molar-refractivity contribution in [3.8, 4) is 5.75 Å². The van der Waals surface area contributed by atoms with E-state index in [0.717, 1.165) is 18.2 Å². The van der Waals surface area contributed by atoms with Gasteiger partial charge in [0.15, 0.2) is 0 Å². The molecule has 0 saturated heterocycles. The maximum absolute atomic E-state index is 11.9. The second kappa shape index (κ2) is 7.74. The van der Waals surface area contributed by atoms with Crippen LogP contribution in [-0.2, 0) is 14.8 Å². The summed E-state index contributed by atoms with van der Waals surface area (Å²) in [6, 6.07) is 13.4. The summed E-state index contributed by atoms with van der Waals surface area (Å²) in [5.41, 5.74) is 1.41. The van der Waals surface area contributed by atoms with Crippen molar-refractivity contribution in [3.63, 3.8) is 0 Å². The van der Waals surface area contributed by atoms with Crippen LogP contribution in [0.3, 0.4) is 0 Å². The third-order valence-corrected chi connectivity index (χ3v) is 4.45. The Balaban J connectivity index is 2.19. The molecule has 0 radical (unpaired) electrons. The number of nitrogens with zero attached hydrogens (tertiary/aromatic N) is 1. The van der Waals surface area contributed by atoms with Gasteiger partial charge in [-0.05, 0) is 43.3 Å². The van der Waals surface area contributed by atoms with E-state index in [9.17, 15) is 13.2 Å². The van der Waals surface area contributed by atoms with Crippen LogP contribution < -0.4 is 9.46 Å². The molecule has 24 heavy (non-hydrogen) atoms. The number of aliphatic imine (C=N–C) groups is 1. The summed E-state index contributed by atoms with van der Waals surface area (Å²) in [7, 11) is -3.83. The highest BCUT2D eigenvalue weighted by molar-refractivity contribution is 7.90. The van der Waals surface area contributed by atoms with E-state index in [1.165, 1.54) is 12.1 Å². The van der Waals surface area contributed by atoms with E-state index in [1.807, 2.05) is 35.9 Å². The van der Waals surface area contributed by atoms with Crippen LogP contribution in [0.5, 0.6) is 5.75 Å². The third kappa shape index (κ3) is 4.66. The number of carbonyl (C=O) groups is 1. The Labute approximate surface area is 141 Å². The number of rotatable bonds is 6. The van der Waals surface area contributed by atoms with Crippen LogP contribution in [0.15, 0.2) is 58.4 Å². The van der Waals surface area contributed by atoms with Gasteiger partial charge in [-0.2, -0.15) is 0 Å². The smallest absolute Gasteiger partial charge is 0.264 e. The topological polar surface area (TPSA) is 84.8 Å². The van der Waals surface area contributed by atoms with E-state index in [1.54, 1.807) is 18.3 Å². The molecule has 1 N–H and O–H groups in total. The summed E-state index contributed by atoms with van der Waals surface area (Å²) >= 11 is 0. The lowest BCUT2D eigenvalue weighted by Crippen LogP contribution is -2.28. The molecule has 2 rings (SSSR count). The summed E-state index contributed by atoms with van der Waals surface area (Å²) in [6.07, 6.45) is 1.66. The van der Waals surface area contributed by atoms with Crippen LogP contribution in [0.2, 0.25) is 0 Å². The Hall–Kier alpha value is -2.67. The first-order valence-electron chi connectivity index (χ1n) is 7.31. The highest BCUT2D eigenvalue weighted by atomic mass is 32.2. The van der Waals surface area contributed by atoms with Crippen molar-refractivity contribution in [1.82, 2.24) is 4.72 Å². The first-order valence-corrected chi connectivity index (χ1v) is 8.80. The second-order valence-corrected chi connectivity index (χ2v) is 6.57. The molecular weight excluding hydrogens is 328 g/mol. The van der Waals surface area contributed by atoms with Gasteiger partial charge in [0.2, 0.25) is 5.91 Å². The predicted octanol–water partition coefficient (Wildman–Crippen LogP) is 2.66. The first-order chi connectivity index (χ1) is 11.4. The quantitative estimate of drug-likeness (QED) is 0.815. The molecule has 0 aliphatic carbocycles.